The molecule has 0 saturated carbocycles. The molecule has 1 N–H and O–H groups in total. The van der Waals surface area contributed by atoms with Gasteiger partial charge in [-0.15, -0.1) is 11.3 Å². The van der Waals surface area contributed by atoms with E-state index in [0.29, 0.717) is 22.7 Å². The van der Waals surface area contributed by atoms with Gasteiger partial charge in [-0.1, -0.05) is 29.8 Å². The highest BCUT2D eigenvalue weighted by Gasteiger charge is 2.32. The summed E-state index contributed by atoms with van der Waals surface area (Å²) in [5.74, 6) is 0.0608. The number of thiophene rings is 1. The van der Waals surface area contributed by atoms with E-state index >= 15 is 0 Å². The second-order valence-corrected chi connectivity index (χ2v) is 10.3. The fourth-order valence-electron chi connectivity index (χ4n) is 3.74. The smallest absolute Gasteiger partial charge is 0.260 e. The zero-order valence-corrected chi connectivity index (χ0v) is 18.5. The van der Waals surface area contributed by atoms with E-state index in [1.54, 1.807) is 48.5 Å². The molecule has 0 aliphatic heterocycles. The lowest BCUT2D eigenvalue weighted by Crippen LogP contribution is -2.15. The van der Waals surface area contributed by atoms with E-state index in [2.05, 4.69) is 5.32 Å². The van der Waals surface area contributed by atoms with Crippen molar-refractivity contribution in [3.63, 3.8) is 0 Å². The normalized spacial score (nSPS) is 13.5. The molecule has 0 saturated heterocycles. The molecular formula is C23H23NO4S2. The zero-order valence-electron chi connectivity index (χ0n) is 16.9. The number of ether oxygens (including phenoxy) is 1. The zero-order chi connectivity index (χ0) is 21.3. The van der Waals surface area contributed by atoms with Crippen LogP contribution in [0.25, 0.3) is 0 Å². The Morgan fingerprint density at radius 1 is 1.03 bits per heavy atom. The van der Waals surface area contributed by atoms with Gasteiger partial charge < -0.3 is 10.1 Å². The summed E-state index contributed by atoms with van der Waals surface area (Å²) >= 11 is 1.37. The summed E-state index contributed by atoms with van der Waals surface area (Å²) in [6.07, 6.45) is 3.51. The van der Waals surface area contributed by atoms with Crippen LogP contribution in [0.4, 0.5) is 5.00 Å². The lowest BCUT2D eigenvalue weighted by molar-refractivity contribution is 0.102. The van der Waals surface area contributed by atoms with Gasteiger partial charge in [-0.05, 0) is 62.4 Å². The summed E-state index contributed by atoms with van der Waals surface area (Å²) in [5.41, 5.74) is 2.21. The number of para-hydroxylation sites is 1. The first-order chi connectivity index (χ1) is 14.4. The number of carbonyl (C=O) groups is 1. The third-order valence-corrected chi connectivity index (χ3v) is 8.52. The number of amides is 1. The monoisotopic (exact) mass is 441 g/mol. The Kier molecular flexibility index (Phi) is 5.66. The van der Waals surface area contributed by atoms with Gasteiger partial charge in [-0.3, -0.25) is 4.79 Å². The topological polar surface area (TPSA) is 72.5 Å². The first-order valence-corrected chi connectivity index (χ1v) is 12.1. The average Bonchev–Trinajstić information content (AvgIpc) is 3.12. The number of anilines is 1. The SMILES string of the molecule is COc1ccccc1C(=O)Nc1sc2c(c1S(=O)(=O)c1ccc(C)cc1)CCCC2. The Morgan fingerprint density at radius 2 is 1.73 bits per heavy atom. The van der Waals surface area contributed by atoms with Crippen LogP contribution in [-0.2, 0) is 22.7 Å². The minimum absolute atomic E-state index is 0.243. The minimum atomic E-state index is -3.76. The number of nitrogens with one attached hydrogen (secondary N) is 1. The molecule has 5 nitrogen and oxygen atoms in total. The standard InChI is InChI=1S/C23H23NO4S2/c1-15-11-13-16(14-12-15)30(26,27)21-18-8-4-6-10-20(18)29-23(21)24-22(25)17-7-3-5-9-19(17)28-2/h3,5,7,9,11-14H,4,6,8,10H2,1-2H3,(H,24,25). The number of sulfone groups is 1. The van der Waals surface area contributed by atoms with Crippen molar-refractivity contribution in [1.82, 2.24) is 0 Å². The lowest BCUT2D eigenvalue weighted by Gasteiger charge is -2.14. The van der Waals surface area contributed by atoms with Crippen LogP contribution >= 0.6 is 11.3 Å². The Bertz CT molecular complexity index is 1190. The molecule has 1 heterocycles. The molecule has 2 aromatic carbocycles. The van der Waals surface area contributed by atoms with Crippen LogP contribution in [0.2, 0.25) is 0 Å². The minimum Gasteiger partial charge on any atom is -0.496 e. The van der Waals surface area contributed by atoms with Gasteiger partial charge in [0, 0.05) is 4.88 Å². The van der Waals surface area contributed by atoms with E-state index in [-0.39, 0.29) is 15.7 Å². The van der Waals surface area contributed by atoms with Crippen LogP contribution in [0.3, 0.4) is 0 Å². The fourth-order valence-corrected chi connectivity index (χ4v) is 7.01. The van der Waals surface area contributed by atoms with Crippen molar-refractivity contribution in [2.75, 3.05) is 12.4 Å². The molecular weight excluding hydrogens is 418 g/mol. The van der Waals surface area contributed by atoms with Crippen LogP contribution in [0, 0.1) is 6.92 Å². The number of benzene rings is 2. The molecule has 1 aliphatic carbocycles. The van der Waals surface area contributed by atoms with Gasteiger partial charge in [0.1, 0.15) is 15.6 Å². The van der Waals surface area contributed by atoms with Gasteiger partial charge in [0.2, 0.25) is 9.84 Å². The van der Waals surface area contributed by atoms with Crippen molar-refractivity contribution in [2.24, 2.45) is 0 Å². The Balaban J connectivity index is 1.80. The van der Waals surface area contributed by atoms with E-state index in [1.807, 2.05) is 6.92 Å². The number of fused-ring (bicyclic) bond motifs is 1. The maximum absolute atomic E-state index is 13.6. The molecule has 0 unspecified atom stereocenters. The number of methoxy groups -OCH3 is 1. The van der Waals surface area contributed by atoms with Crippen molar-refractivity contribution >= 4 is 32.1 Å². The first kappa shape index (κ1) is 20.6. The number of carbonyl (C=O) groups excluding carboxylic acids is 1. The fraction of sp³-hybridized carbons (Fsp3) is 0.261. The largest absolute Gasteiger partial charge is 0.496 e. The molecule has 1 amide bonds. The summed E-state index contributed by atoms with van der Waals surface area (Å²) in [5, 5.41) is 3.25. The van der Waals surface area contributed by atoms with Crippen LogP contribution in [-0.4, -0.2) is 21.4 Å². The first-order valence-electron chi connectivity index (χ1n) is 9.82. The van der Waals surface area contributed by atoms with Gasteiger partial charge in [-0.2, -0.15) is 0 Å². The third-order valence-electron chi connectivity index (χ3n) is 5.30. The van der Waals surface area contributed by atoms with E-state index in [0.717, 1.165) is 35.3 Å². The number of rotatable bonds is 5. The summed E-state index contributed by atoms with van der Waals surface area (Å²) < 4.78 is 32.4. The van der Waals surface area contributed by atoms with Gasteiger partial charge in [0.25, 0.3) is 5.91 Å². The summed E-state index contributed by atoms with van der Waals surface area (Å²) in [4.78, 5) is 14.5. The van der Waals surface area contributed by atoms with Crippen molar-refractivity contribution in [2.45, 2.75) is 42.4 Å². The molecule has 0 fully saturated rings. The summed E-state index contributed by atoms with van der Waals surface area (Å²) in [6.45, 7) is 1.92. The van der Waals surface area contributed by atoms with Crippen LogP contribution in [0.1, 0.15) is 39.2 Å². The Hall–Kier alpha value is -2.64. The Morgan fingerprint density at radius 3 is 2.47 bits per heavy atom. The van der Waals surface area contributed by atoms with Gasteiger partial charge in [0.15, 0.2) is 0 Å². The summed E-state index contributed by atoms with van der Waals surface area (Å²) in [7, 11) is -2.26. The molecule has 0 radical (unpaired) electrons. The van der Waals surface area contributed by atoms with Crippen molar-refractivity contribution in [1.29, 1.82) is 0 Å². The van der Waals surface area contributed by atoms with Gasteiger partial charge >= 0.3 is 0 Å². The van der Waals surface area contributed by atoms with E-state index in [4.69, 9.17) is 4.74 Å². The number of hydrogen-bond donors (Lipinski definition) is 1. The van der Waals surface area contributed by atoms with E-state index < -0.39 is 9.84 Å². The number of aryl methyl sites for hydroxylation is 2. The molecule has 3 aromatic rings. The predicted molar refractivity (Wildman–Crippen MR) is 119 cm³/mol. The second-order valence-electron chi connectivity index (χ2n) is 7.34. The predicted octanol–water partition coefficient (Wildman–Crippen LogP) is 5.03. The molecule has 0 atom stereocenters. The number of hydrogen-bond acceptors (Lipinski definition) is 5. The van der Waals surface area contributed by atoms with Crippen LogP contribution in [0.15, 0.2) is 58.3 Å². The van der Waals surface area contributed by atoms with E-state index in [1.165, 1.54) is 18.4 Å². The molecule has 1 aliphatic rings. The molecule has 0 spiro atoms. The van der Waals surface area contributed by atoms with Gasteiger partial charge in [0.05, 0.1) is 17.6 Å². The maximum atomic E-state index is 13.6. The highest BCUT2D eigenvalue weighted by molar-refractivity contribution is 7.92. The second kappa shape index (κ2) is 8.24. The average molecular weight is 442 g/mol. The summed E-state index contributed by atoms with van der Waals surface area (Å²) in [6, 6.07) is 13.7. The lowest BCUT2D eigenvalue weighted by atomic mass is 9.99. The highest BCUT2D eigenvalue weighted by Crippen LogP contribution is 2.43. The molecule has 4 rings (SSSR count). The van der Waals surface area contributed by atoms with E-state index in [9.17, 15) is 13.2 Å². The third kappa shape index (κ3) is 3.75. The quantitative estimate of drug-likeness (QED) is 0.603. The van der Waals surface area contributed by atoms with Crippen LogP contribution in [0.5, 0.6) is 5.75 Å². The van der Waals surface area contributed by atoms with Gasteiger partial charge in [-0.25, -0.2) is 8.42 Å². The maximum Gasteiger partial charge on any atom is 0.260 e. The molecule has 30 heavy (non-hydrogen) atoms. The molecule has 0 bridgehead atoms. The van der Waals surface area contributed by atoms with Crippen molar-refractivity contribution < 1.29 is 17.9 Å². The molecule has 156 valence electrons. The molecule has 7 heteroatoms. The molecule has 1 aromatic heterocycles. The van der Waals surface area contributed by atoms with Crippen molar-refractivity contribution in [3.8, 4) is 5.75 Å². The van der Waals surface area contributed by atoms with Crippen LogP contribution < -0.4 is 10.1 Å². The Labute approximate surface area is 180 Å². The highest BCUT2D eigenvalue weighted by atomic mass is 32.2. The van der Waals surface area contributed by atoms with Crippen molar-refractivity contribution in [3.05, 3.63) is 70.1 Å².